The molecule has 1 heterocycles. The van der Waals surface area contributed by atoms with Crippen molar-refractivity contribution in [3.05, 3.63) is 35.1 Å². The number of carbonyl (C=O) groups excluding carboxylic acids is 2. The van der Waals surface area contributed by atoms with Gasteiger partial charge in [-0.15, -0.1) is 0 Å². The lowest BCUT2D eigenvalue weighted by molar-refractivity contribution is -0.127. The van der Waals surface area contributed by atoms with Crippen LogP contribution in [0, 0.1) is 5.82 Å². The summed E-state index contributed by atoms with van der Waals surface area (Å²) in [4.78, 5) is 25.0. The van der Waals surface area contributed by atoms with E-state index < -0.39 is 30.7 Å². The highest BCUT2D eigenvalue weighted by Crippen LogP contribution is 2.21. The number of carbonyl (C=O) groups is 2. The third kappa shape index (κ3) is 4.92. The van der Waals surface area contributed by atoms with Crippen molar-refractivity contribution in [1.29, 1.82) is 0 Å². The Morgan fingerprint density at radius 3 is 2.67 bits per heavy atom. The maximum atomic E-state index is 13.3. The van der Waals surface area contributed by atoms with Crippen LogP contribution in [0.1, 0.15) is 18.1 Å². The van der Waals surface area contributed by atoms with Crippen molar-refractivity contribution < 1.29 is 27.2 Å². The van der Waals surface area contributed by atoms with Crippen LogP contribution in [-0.4, -0.2) is 42.1 Å². The molecule has 0 saturated heterocycles. The minimum Gasteiger partial charge on any atom is -0.329 e. The molecule has 24 heavy (non-hydrogen) atoms. The third-order valence-corrected chi connectivity index (χ3v) is 3.82. The van der Waals surface area contributed by atoms with E-state index in [0.29, 0.717) is 19.5 Å². The minimum absolute atomic E-state index is 0.325. The lowest BCUT2D eigenvalue weighted by atomic mass is 9.98. The Labute approximate surface area is 136 Å². The molecule has 1 aliphatic rings. The zero-order valence-corrected chi connectivity index (χ0v) is 12.9. The van der Waals surface area contributed by atoms with E-state index in [9.17, 15) is 27.2 Å². The van der Waals surface area contributed by atoms with Gasteiger partial charge in [-0.25, -0.2) is 9.18 Å². The van der Waals surface area contributed by atoms with Crippen molar-refractivity contribution in [3.63, 3.8) is 0 Å². The SMILES string of the molecule is C[C@H](C(=O)NC(=O)NCC(F)(F)F)N1CCc2ccc(F)cc2C1. The van der Waals surface area contributed by atoms with Gasteiger partial charge in [0.2, 0.25) is 5.91 Å². The van der Waals surface area contributed by atoms with E-state index in [-0.39, 0.29) is 5.82 Å². The third-order valence-electron chi connectivity index (χ3n) is 3.82. The molecule has 0 spiro atoms. The number of halogens is 4. The molecule has 0 bridgehead atoms. The molecule has 5 nitrogen and oxygen atoms in total. The standard InChI is InChI=1S/C15H17F4N3O2/c1-9(13(23)21-14(24)20-8-15(17,18)19)22-5-4-10-2-3-12(16)6-11(10)7-22/h2-3,6,9H,4-5,7-8H2,1H3,(H2,20,21,23,24)/t9-/m1/s1. The molecule has 0 saturated carbocycles. The largest absolute Gasteiger partial charge is 0.405 e. The molecule has 0 radical (unpaired) electrons. The topological polar surface area (TPSA) is 61.4 Å². The zero-order valence-electron chi connectivity index (χ0n) is 12.9. The molecule has 0 fully saturated rings. The van der Waals surface area contributed by atoms with Crippen LogP contribution in [-0.2, 0) is 17.8 Å². The Hall–Kier alpha value is -2.16. The number of fused-ring (bicyclic) bond motifs is 1. The highest BCUT2D eigenvalue weighted by molar-refractivity contribution is 5.96. The summed E-state index contributed by atoms with van der Waals surface area (Å²) in [6.45, 7) is 0.872. The molecule has 1 aromatic rings. The van der Waals surface area contributed by atoms with Crippen molar-refractivity contribution in [2.24, 2.45) is 0 Å². The fourth-order valence-corrected chi connectivity index (χ4v) is 2.48. The highest BCUT2D eigenvalue weighted by Gasteiger charge is 2.29. The van der Waals surface area contributed by atoms with Crippen LogP contribution < -0.4 is 10.6 Å². The first kappa shape index (κ1) is 18.2. The molecule has 1 aromatic carbocycles. The second-order valence-corrected chi connectivity index (χ2v) is 5.60. The van der Waals surface area contributed by atoms with Crippen LogP contribution in [0.25, 0.3) is 0 Å². The fraction of sp³-hybridized carbons (Fsp3) is 0.467. The van der Waals surface area contributed by atoms with Crippen LogP contribution in [0.15, 0.2) is 18.2 Å². The second kappa shape index (κ2) is 7.16. The Morgan fingerprint density at radius 2 is 2.00 bits per heavy atom. The minimum atomic E-state index is -4.55. The van der Waals surface area contributed by atoms with Gasteiger partial charge in [-0.2, -0.15) is 13.2 Å². The number of hydrogen-bond donors (Lipinski definition) is 2. The van der Waals surface area contributed by atoms with E-state index in [0.717, 1.165) is 11.1 Å². The highest BCUT2D eigenvalue weighted by atomic mass is 19.4. The molecule has 9 heteroatoms. The van der Waals surface area contributed by atoms with Gasteiger partial charge in [-0.1, -0.05) is 6.07 Å². The first-order valence-corrected chi connectivity index (χ1v) is 7.32. The number of alkyl halides is 3. The van der Waals surface area contributed by atoms with Gasteiger partial charge in [-0.3, -0.25) is 15.0 Å². The van der Waals surface area contributed by atoms with Gasteiger partial charge in [0.15, 0.2) is 0 Å². The molecule has 3 amide bonds. The van der Waals surface area contributed by atoms with Crippen LogP contribution in [0.3, 0.4) is 0 Å². The Kier molecular flexibility index (Phi) is 5.43. The first-order chi connectivity index (χ1) is 11.2. The van der Waals surface area contributed by atoms with E-state index in [2.05, 4.69) is 0 Å². The van der Waals surface area contributed by atoms with Crippen molar-refractivity contribution >= 4 is 11.9 Å². The maximum absolute atomic E-state index is 13.3. The van der Waals surface area contributed by atoms with Gasteiger partial charge in [0.25, 0.3) is 0 Å². The number of benzene rings is 1. The van der Waals surface area contributed by atoms with Crippen molar-refractivity contribution in [1.82, 2.24) is 15.5 Å². The van der Waals surface area contributed by atoms with Crippen LogP contribution in [0.2, 0.25) is 0 Å². The molecule has 1 aliphatic heterocycles. The molecule has 132 valence electrons. The number of nitrogens with zero attached hydrogens (tertiary/aromatic N) is 1. The van der Waals surface area contributed by atoms with Crippen molar-refractivity contribution in [3.8, 4) is 0 Å². The van der Waals surface area contributed by atoms with E-state index in [1.54, 1.807) is 16.3 Å². The quantitative estimate of drug-likeness (QED) is 0.822. The summed E-state index contributed by atoms with van der Waals surface area (Å²) < 4.78 is 49.3. The van der Waals surface area contributed by atoms with Gasteiger partial charge >= 0.3 is 12.2 Å². The predicted octanol–water partition coefficient (Wildman–Crippen LogP) is 1.96. The van der Waals surface area contributed by atoms with Gasteiger partial charge in [0, 0.05) is 13.1 Å². The smallest absolute Gasteiger partial charge is 0.329 e. The lowest BCUT2D eigenvalue weighted by Gasteiger charge is -2.32. The first-order valence-electron chi connectivity index (χ1n) is 7.32. The molecule has 1 atom stereocenters. The van der Waals surface area contributed by atoms with E-state index in [1.165, 1.54) is 19.1 Å². The van der Waals surface area contributed by atoms with E-state index >= 15 is 0 Å². The summed E-state index contributed by atoms with van der Waals surface area (Å²) in [5.41, 5.74) is 1.74. The van der Waals surface area contributed by atoms with E-state index in [4.69, 9.17) is 0 Å². The molecule has 2 rings (SSSR count). The Morgan fingerprint density at radius 1 is 1.29 bits per heavy atom. The predicted molar refractivity (Wildman–Crippen MR) is 77.6 cm³/mol. The normalized spacial score (nSPS) is 16.2. The summed E-state index contributed by atoms with van der Waals surface area (Å²) in [6.07, 6.45) is -3.93. The molecule has 0 aliphatic carbocycles. The van der Waals surface area contributed by atoms with Gasteiger partial charge < -0.3 is 5.32 Å². The van der Waals surface area contributed by atoms with Gasteiger partial charge in [-0.05, 0) is 36.6 Å². The van der Waals surface area contributed by atoms with Crippen LogP contribution in [0.5, 0.6) is 0 Å². The summed E-state index contributed by atoms with van der Waals surface area (Å²) in [5, 5.41) is 3.45. The molecule has 0 unspecified atom stereocenters. The molecule has 2 N–H and O–H groups in total. The molecular formula is C15H17F4N3O2. The number of rotatable bonds is 3. The van der Waals surface area contributed by atoms with Gasteiger partial charge in [0.05, 0.1) is 6.04 Å². The van der Waals surface area contributed by atoms with E-state index in [1.807, 2.05) is 5.32 Å². The molecule has 0 aromatic heterocycles. The summed E-state index contributed by atoms with van der Waals surface area (Å²) in [6, 6.07) is 2.51. The van der Waals surface area contributed by atoms with Crippen LogP contribution >= 0.6 is 0 Å². The zero-order chi connectivity index (χ0) is 17.9. The average Bonchev–Trinajstić information content (AvgIpc) is 2.50. The fourth-order valence-electron chi connectivity index (χ4n) is 2.48. The Balaban J connectivity index is 1.91. The summed E-state index contributed by atoms with van der Waals surface area (Å²) in [5.74, 6) is -1.09. The lowest BCUT2D eigenvalue weighted by Crippen LogP contribution is -2.51. The average molecular weight is 347 g/mol. The molecular weight excluding hydrogens is 330 g/mol. The maximum Gasteiger partial charge on any atom is 0.405 e. The number of imide groups is 1. The summed E-state index contributed by atoms with van der Waals surface area (Å²) >= 11 is 0. The number of hydrogen-bond acceptors (Lipinski definition) is 3. The number of amides is 3. The van der Waals surface area contributed by atoms with Crippen molar-refractivity contribution in [2.75, 3.05) is 13.1 Å². The Bertz CT molecular complexity index is 634. The summed E-state index contributed by atoms with van der Waals surface area (Å²) in [7, 11) is 0. The van der Waals surface area contributed by atoms with Crippen LogP contribution in [0.4, 0.5) is 22.4 Å². The monoisotopic (exact) mass is 347 g/mol. The number of urea groups is 1. The van der Waals surface area contributed by atoms with Gasteiger partial charge in [0.1, 0.15) is 12.4 Å². The van der Waals surface area contributed by atoms with Crippen molar-refractivity contribution in [2.45, 2.75) is 32.1 Å². The number of nitrogens with one attached hydrogen (secondary N) is 2. The second-order valence-electron chi connectivity index (χ2n) is 5.60.